The van der Waals surface area contributed by atoms with E-state index in [4.69, 9.17) is 39.8 Å². The van der Waals surface area contributed by atoms with E-state index in [0.717, 1.165) is 48.1 Å². The molecule has 0 aliphatic heterocycles. The van der Waals surface area contributed by atoms with Crippen molar-refractivity contribution in [1.82, 2.24) is 9.88 Å². The van der Waals surface area contributed by atoms with Crippen LogP contribution in [0.25, 0.3) is 10.9 Å². The molecule has 1 saturated carbocycles. The third-order valence-corrected chi connectivity index (χ3v) is 5.85. The zero-order valence-corrected chi connectivity index (χ0v) is 19.4. The average molecular weight is 474 g/mol. The van der Waals surface area contributed by atoms with Gasteiger partial charge in [-0.05, 0) is 37.7 Å². The minimum Gasteiger partial charge on any atom is -0.465 e. The molecule has 6 nitrogen and oxygen atoms in total. The monoisotopic (exact) mass is 472 g/mol. The molecular formula is C21H27Cl3N4O2. The van der Waals surface area contributed by atoms with Crippen LogP contribution in [-0.4, -0.2) is 58.1 Å². The van der Waals surface area contributed by atoms with Crippen LogP contribution < -0.4 is 10.2 Å². The molecule has 1 amide bonds. The summed E-state index contributed by atoms with van der Waals surface area (Å²) in [6.07, 6.45) is 2.65. The molecule has 1 aromatic heterocycles. The molecule has 1 fully saturated rings. The third kappa shape index (κ3) is 6.19. The minimum absolute atomic E-state index is 0.125. The van der Waals surface area contributed by atoms with Crippen molar-refractivity contribution in [3.8, 4) is 0 Å². The normalized spacial score (nSPS) is 19.5. The van der Waals surface area contributed by atoms with Crippen molar-refractivity contribution in [3.05, 3.63) is 30.3 Å². The van der Waals surface area contributed by atoms with Crippen LogP contribution in [0.1, 0.15) is 25.7 Å². The molecule has 1 aromatic carbocycles. The average Bonchev–Trinajstić information content (AvgIpc) is 2.67. The molecule has 1 aliphatic rings. The summed E-state index contributed by atoms with van der Waals surface area (Å²) in [5.41, 5.74) is 2.09. The number of rotatable bonds is 6. The Balaban J connectivity index is 1.61. The fraction of sp³-hybridized carbons (Fsp3) is 0.524. The number of fused-ring (bicyclic) bond motifs is 1. The van der Waals surface area contributed by atoms with E-state index in [9.17, 15) is 9.90 Å². The van der Waals surface area contributed by atoms with E-state index in [1.807, 2.05) is 32.3 Å². The Hall–Kier alpha value is -1.63. The first-order valence-electron chi connectivity index (χ1n) is 10.0. The smallest absolute Gasteiger partial charge is 0.407 e. The maximum Gasteiger partial charge on any atom is 0.407 e. The van der Waals surface area contributed by atoms with Gasteiger partial charge < -0.3 is 20.2 Å². The van der Waals surface area contributed by atoms with Crippen LogP contribution in [-0.2, 0) is 0 Å². The maximum atomic E-state index is 11.5. The number of anilines is 2. The van der Waals surface area contributed by atoms with Crippen molar-refractivity contribution in [1.29, 1.82) is 0 Å². The third-order valence-electron chi connectivity index (χ3n) is 5.49. The Morgan fingerprint density at radius 2 is 1.87 bits per heavy atom. The molecule has 0 radical (unpaired) electrons. The summed E-state index contributed by atoms with van der Waals surface area (Å²) in [5.74, 6) is 1.12. The summed E-state index contributed by atoms with van der Waals surface area (Å²) in [6, 6.07) is 10.5. The van der Waals surface area contributed by atoms with Gasteiger partial charge in [0.25, 0.3) is 0 Å². The molecule has 0 saturated heterocycles. The number of pyridine rings is 1. The predicted octanol–water partition coefficient (Wildman–Crippen LogP) is 5.62. The highest BCUT2D eigenvalue weighted by atomic mass is 35.6. The van der Waals surface area contributed by atoms with Crippen molar-refractivity contribution in [2.24, 2.45) is 5.92 Å². The second kappa shape index (κ2) is 9.67. The van der Waals surface area contributed by atoms with Gasteiger partial charge >= 0.3 is 6.09 Å². The lowest BCUT2D eigenvalue weighted by molar-refractivity contribution is 0.131. The second-order valence-electron chi connectivity index (χ2n) is 8.08. The van der Waals surface area contributed by atoms with Gasteiger partial charge in [-0.3, -0.25) is 0 Å². The van der Waals surface area contributed by atoms with Crippen molar-refractivity contribution in [3.63, 3.8) is 0 Å². The number of amides is 1. The number of carbonyl (C=O) groups is 1. The van der Waals surface area contributed by atoms with Crippen molar-refractivity contribution >= 4 is 63.3 Å². The molecule has 3 rings (SSSR count). The van der Waals surface area contributed by atoms with Gasteiger partial charge in [-0.2, -0.15) is 0 Å². The van der Waals surface area contributed by atoms with Gasteiger partial charge in [-0.25, -0.2) is 9.78 Å². The molecule has 30 heavy (non-hydrogen) atoms. The number of carboxylic acid groups (broad SMARTS) is 1. The SMILES string of the molecule is CN(C)c1cc(N[C@H]2CC[C@@H](CN(CC(Cl)(Cl)Cl)C(=O)O)CC2)nc2ccccc12. The zero-order valence-electron chi connectivity index (χ0n) is 17.1. The van der Waals surface area contributed by atoms with Gasteiger partial charge in [0, 0.05) is 43.8 Å². The number of alkyl halides is 3. The number of para-hydroxylation sites is 1. The van der Waals surface area contributed by atoms with Crippen molar-refractivity contribution in [2.75, 3.05) is 37.4 Å². The molecule has 0 bridgehead atoms. The maximum absolute atomic E-state index is 11.5. The van der Waals surface area contributed by atoms with Gasteiger partial charge in [0.05, 0.1) is 12.1 Å². The first-order chi connectivity index (χ1) is 14.1. The van der Waals surface area contributed by atoms with E-state index in [0.29, 0.717) is 12.6 Å². The summed E-state index contributed by atoms with van der Waals surface area (Å²) in [7, 11) is 4.06. The summed E-state index contributed by atoms with van der Waals surface area (Å²) in [4.78, 5) is 19.6. The standard InChI is InChI=1S/C21H27Cl3N4O2/c1-27(2)18-11-19(26-17-6-4-3-5-16(17)18)25-15-9-7-14(8-10-15)12-28(20(29)30)13-21(22,23)24/h3-6,11,14-15H,7-10,12-13H2,1-2H3,(H,25,26)(H,29,30)/t14-,15+. The Bertz CT molecular complexity index is 880. The molecular weight excluding hydrogens is 447 g/mol. The summed E-state index contributed by atoms with van der Waals surface area (Å²) < 4.78 is -1.61. The molecule has 0 spiro atoms. The fourth-order valence-corrected chi connectivity index (χ4v) is 4.47. The van der Waals surface area contributed by atoms with Gasteiger partial charge in [0.15, 0.2) is 0 Å². The fourth-order valence-electron chi connectivity index (χ4n) is 4.04. The van der Waals surface area contributed by atoms with E-state index in [1.165, 1.54) is 4.90 Å². The molecule has 164 valence electrons. The van der Waals surface area contributed by atoms with Gasteiger partial charge in [-0.1, -0.05) is 53.0 Å². The summed E-state index contributed by atoms with van der Waals surface area (Å²) in [5, 5.41) is 14.1. The molecule has 9 heteroatoms. The van der Waals surface area contributed by atoms with E-state index in [-0.39, 0.29) is 12.5 Å². The van der Waals surface area contributed by atoms with Crippen LogP contribution in [0.2, 0.25) is 0 Å². The lowest BCUT2D eigenvalue weighted by atomic mass is 9.85. The van der Waals surface area contributed by atoms with E-state index >= 15 is 0 Å². The molecule has 0 unspecified atom stereocenters. The molecule has 1 aliphatic carbocycles. The zero-order chi connectivity index (χ0) is 21.9. The lowest BCUT2D eigenvalue weighted by Crippen LogP contribution is -2.41. The number of hydrogen-bond donors (Lipinski definition) is 2. The number of benzene rings is 1. The number of nitrogens with zero attached hydrogens (tertiary/aromatic N) is 3. The highest BCUT2D eigenvalue weighted by Crippen LogP contribution is 2.32. The highest BCUT2D eigenvalue weighted by Gasteiger charge is 2.30. The highest BCUT2D eigenvalue weighted by molar-refractivity contribution is 6.67. The minimum atomic E-state index is -1.61. The first-order valence-corrected chi connectivity index (χ1v) is 11.1. The Labute approximate surface area is 192 Å². The molecule has 2 aromatic rings. The first kappa shape index (κ1) is 23.0. The summed E-state index contributed by atoms with van der Waals surface area (Å²) in [6.45, 7) is 0.258. The topological polar surface area (TPSA) is 68.7 Å². The van der Waals surface area contributed by atoms with Crippen LogP contribution in [0, 0.1) is 5.92 Å². The number of nitrogens with one attached hydrogen (secondary N) is 1. The number of aromatic nitrogens is 1. The van der Waals surface area contributed by atoms with E-state index in [2.05, 4.69) is 22.3 Å². The van der Waals surface area contributed by atoms with Crippen molar-refractivity contribution < 1.29 is 9.90 Å². The molecule has 1 heterocycles. The second-order valence-corrected chi connectivity index (χ2v) is 10.6. The molecule has 2 N–H and O–H groups in total. The van der Waals surface area contributed by atoms with Crippen LogP contribution in [0.4, 0.5) is 16.3 Å². The Morgan fingerprint density at radius 3 is 2.47 bits per heavy atom. The number of hydrogen-bond acceptors (Lipinski definition) is 4. The van der Waals surface area contributed by atoms with E-state index in [1.54, 1.807) is 0 Å². The summed E-state index contributed by atoms with van der Waals surface area (Å²) >= 11 is 17.4. The quantitative estimate of drug-likeness (QED) is 0.533. The predicted molar refractivity (Wildman–Crippen MR) is 125 cm³/mol. The lowest BCUT2D eigenvalue weighted by Gasteiger charge is -2.33. The molecule has 0 atom stereocenters. The Morgan fingerprint density at radius 1 is 1.20 bits per heavy atom. The van der Waals surface area contributed by atoms with Crippen LogP contribution in [0.5, 0.6) is 0 Å². The van der Waals surface area contributed by atoms with Crippen molar-refractivity contribution in [2.45, 2.75) is 35.5 Å². The van der Waals surface area contributed by atoms with Crippen LogP contribution in [0.15, 0.2) is 30.3 Å². The van der Waals surface area contributed by atoms with E-state index < -0.39 is 9.89 Å². The van der Waals surface area contributed by atoms with Crippen LogP contribution >= 0.6 is 34.8 Å². The Kier molecular flexibility index (Phi) is 7.43. The number of halogens is 3. The van der Waals surface area contributed by atoms with Gasteiger partial charge in [0.1, 0.15) is 5.82 Å². The van der Waals surface area contributed by atoms with Gasteiger partial charge in [0.2, 0.25) is 3.79 Å². The largest absolute Gasteiger partial charge is 0.465 e. The van der Waals surface area contributed by atoms with Crippen LogP contribution in [0.3, 0.4) is 0 Å². The van der Waals surface area contributed by atoms with Gasteiger partial charge in [-0.15, -0.1) is 0 Å².